The predicted octanol–water partition coefficient (Wildman–Crippen LogP) is 3.58. The van der Waals surface area contributed by atoms with Crippen molar-refractivity contribution in [3.8, 4) is 28.7 Å². The van der Waals surface area contributed by atoms with Gasteiger partial charge in [-0.25, -0.2) is 0 Å². The van der Waals surface area contributed by atoms with E-state index in [1.807, 2.05) is 32.1 Å². The molecular formula is C19H20N2O3. The third-order valence-corrected chi connectivity index (χ3v) is 3.48. The highest BCUT2D eigenvalue weighted by atomic mass is 16.5. The Morgan fingerprint density at radius 2 is 2.04 bits per heavy atom. The van der Waals surface area contributed by atoms with Gasteiger partial charge in [-0.15, -0.1) is 0 Å². The smallest absolute Gasteiger partial charge is 0.266 e. The van der Waals surface area contributed by atoms with E-state index in [2.05, 4.69) is 4.98 Å². The summed E-state index contributed by atoms with van der Waals surface area (Å²) in [5.74, 6) is 1.16. The third-order valence-electron chi connectivity index (χ3n) is 3.48. The van der Waals surface area contributed by atoms with Crippen LogP contribution in [0.1, 0.15) is 25.1 Å². The molecule has 1 aromatic heterocycles. The second kappa shape index (κ2) is 7.51. The lowest BCUT2D eigenvalue weighted by Crippen LogP contribution is -2.12. The van der Waals surface area contributed by atoms with Gasteiger partial charge in [0.25, 0.3) is 5.56 Å². The Labute approximate surface area is 141 Å². The number of aromatic nitrogens is 1. The average Bonchev–Trinajstić information content (AvgIpc) is 2.54. The normalized spacial score (nSPS) is 9.96. The number of methoxy groups -OCH3 is 1. The van der Waals surface area contributed by atoms with Crippen LogP contribution in [0.2, 0.25) is 0 Å². The van der Waals surface area contributed by atoms with E-state index in [1.165, 1.54) is 5.57 Å². The van der Waals surface area contributed by atoms with Crippen LogP contribution in [0.4, 0.5) is 0 Å². The first-order chi connectivity index (χ1) is 11.5. The molecule has 0 amide bonds. The van der Waals surface area contributed by atoms with Gasteiger partial charge in [0.15, 0.2) is 11.5 Å². The van der Waals surface area contributed by atoms with Crippen LogP contribution in [0.3, 0.4) is 0 Å². The Bertz CT molecular complexity index is 869. The minimum absolute atomic E-state index is 0.0841. The number of aryl methyl sites for hydroxylation is 1. The fraction of sp³-hybridized carbons (Fsp3) is 0.263. The van der Waals surface area contributed by atoms with Gasteiger partial charge in [0, 0.05) is 11.3 Å². The SMILES string of the molecule is COc1cc(-c2cc(C)[nH]c(=O)c2C#N)ccc1OCC=C(C)C. The number of ether oxygens (including phenoxy) is 2. The molecule has 124 valence electrons. The van der Waals surface area contributed by atoms with Crippen LogP contribution in [-0.2, 0) is 0 Å². The van der Waals surface area contributed by atoms with Crippen LogP contribution >= 0.6 is 0 Å². The zero-order valence-corrected chi connectivity index (χ0v) is 14.3. The van der Waals surface area contributed by atoms with Crippen LogP contribution in [0.5, 0.6) is 11.5 Å². The van der Waals surface area contributed by atoms with Gasteiger partial charge in [-0.3, -0.25) is 4.79 Å². The maximum atomic E-state index is 12.0. The number of benzene rings is 1. The maximum Gasteiger partial charge on any atom is 0.266 e. The van der Waals surface area contributed by atoms with Crippen molar-refractivity contribution >= 4 is 0 Å². The zero-order valence-electron chi connectivity index (χ0n) is 14.3. The molecule has 0 aliphatic rings. The number of rotatable bonds is 5. The highest BCUT2D eigenvalue weighted by molar-refractivity contribution is 5.72. The molecule has 0 aliphatic heterocycles. The summed E-state index contributed by atoms with van der Waals surface area (Å²) in [4.78, 5) is 14.6. The average molecular weight is 324 g/mol. The first-order valence-electron chi connectivity index (χ1n) is 7.55. The summed E-state index contributed by atoms with van der Waals surface area (Å²) >= 11 is 0. The molecule has 0 unspecified atom stereocenters. The van der Waals surface area contributed by atoms with E-state index in [9.17, 15) is 10.1 Å². The van der Waals surface area contributed by atoms with E-state index in [0.717, 1.165) is 5.56 Å². The first kappa shape index (κ1) is 17.4. The van der Waals surface area contributed by atoms with E-state index in [4.69, 9.17) is 9.47 Å². The van der Waals surface area contributed by atoms with Gasteiger partial charge in [0.05, 0.1) is 7.11 Å². The van der Waals surface area contributed by atoms with E-state index in [0.29, 0.717) is 29.4 Å². The van der Waals surface area contributed by atoms with Crippen LogP contribution in [0, 0.1) is 18.3 Å². The summed E-state index contributed by atoms with van der Waals surface area (Å²) < 4.78 is 11.1. The number of hydrogen-bond donors (Lipinski definition) is 1. The van der Waals surface area contributed by atoms with E-state index in [-0.39, 0.29) is 5.56 Å². The Morgan fingerprint density at radius 1 is 1.29 bits per heavy atom. The van der Waals surface area contributed by atoms with Gasteiger partial charge < -0.3 is 14.5 Å². The van der Waals surface area contributed by atoms with E-state index < -0.39 is 5.56 Å². The Kier molecular flexibility index (Phi) is 5.43. The molecule has 0 spiro atoms. The van der Waals surface area contributed by atoms with Crippen molar-refractivity contribution in [1.29, 1.82) is 5.26 Å². The molecule has 0 atom stereocenters. The molecule has 0 saturated carbocycles. The molecule has 5 heteroatoms. The number of allylic oxidation sites excluding steroid dienone is 1. The van der Waals surface area contributed by atoms with Gasteiger partial charge in [-0.05, 0) is 50.6 Å². The number of nitriles is 1. The molecule has 0 radical (unpaired) electrons. The number of nitrogens with one attached hydrogen (secondary N) is 1. The predicted molar refractivity (Wildman–Crippen MR) is 93.4 cm³/mol. The molecule has 2 rings (SSSR count). The molecule has 0 fully saturated rings. The number of H-pyrrole nitrogens is 1. The summed E-state index contributed by atoms with van der Waals surface area (Å²) in [6, 6.07) is 9.11. The molecule has 0 aliphatic carbocycles. The number of nitrogens with zero attached hydrogens (tertiary/aromatic N) is 1. The van der Waals surface area contributed by atoms with Gasteiger partial charge in [-0.1, -0.05) is 11.6 Å². The van der Waals surface area contributed by atoms with Crippen LogP contribution < -0.4 is 15.0 Å². The standard InChI is InChI=1S/C19H20N2O3/c1-12(2)7-8-24-17-6-5-14(10-18(17)23-4)15-9-13(3)21-19(22)16(15)11-20/h5-7,9-10H,8H2,1-4H3,(H,21,22). The topological polar surface area (TPSA) is 75.1 Å². The second-order valence-corrected chi connectivity index (χ2v) is 5.64. The zero-order chi connectivity index (χ0) is 17.7. The van der Waals surface area contributed by atoms with Crippen molar-refractivity contribution in [3.63, 3.8) is 0 Å². The fourth-order valence-corrected chi connectivity index (χ4v) is 2.28. The number of aromatic amines is 1. The Morgan fingerprint density at radius 3 is 2.67 bits per heavy atom. The Balaban J connectivity index is 2.46. The minimum Gasteiger partial charge on any atom is -0.493 e. The Hall–Kier alpha value is -3.00. The maximum absolute atomic E-state index is 12.0. The number of hydrogen-bond acceptors (Lipinski definition) is 4. The summed E-state index contributed by atoms with van der Waals surface area (Å²) in [6.07, 6.45) is 1.97. The summed E-state index contributed by atoms with van der Waals surface area (Å²) in [5, 5.41) is 9.27. The van der Waals surface area contributed by atoms with Crippen molar-refractivity contribution in [2.24, 2.45) is 0 Å². The highest BCUT2D eigenvalue weighted by Crippen LogP contribution is 2.33. The van der Waals surface area contributed by atoms with Crippen molar-refractivity contribution in [3.05, 3.63) is 57.5 Å². The van der Waals surface area contributed by atoms with Crippen LogP contribution in [0.15, 0.2) is 40.7 Å². The van der Waals surface area contributed by atoms with E-state index >= 15 is 0 Å². The third kappa shape index (κ3) is 3.85. The van der Waals surface area contributed by atoms with Crippen LogP contribution in [0.25, 0.3) is 11.1 Å². The van der Waals surface area contributed by atoms with Crippen molar-refractivity contribution in [2.45, 2.75) is 20.8 Å². The molecular weight excluding hydrogens is 304 g/mol. The van der Waals surface area contributed by atoms with Crippen molar-refractivity contribution < 1.29 is 9.47 Å². The molecule has 0 saturated heterocycles. The lowest BCUT2D eigenvalue weighted by atomic mass is 10.0. The molecule has 0 bridgehead atoms. The lowest BCUT2D eigenvalue weighted by molar-refractivity contribution is 0.326. The molecule has 2 aromatic rings. The van der Waals surface area contributed by atoms with Crippen molar-refractivity contribution in [2.75, 3.05) is 13.7 Å². The largest absolute Gasteiger partial charge is 0.493 e. The molecule has 5 nitrogen and oxygen atoms in total. The van der Waals surface area contributed by atoms with Crippen LogP contribution in [-0.4, -0.2) is 18.7 Å². The van der Waals surface area contributed by atoms with Gasteiger partial charge in [-0.2, -0.15) is 5.26 Å². The fourth-order valence-electron chi connectivity index (χ4n) is 2.28. The lowest BCUT2D eigenvalue weighted by Gasteiger charge is -2.12. The van der Waals surface area contributed by atoms with Gasteiger partial charge >= 0.3 is 0 Å². The van der Waals surface area contributed by atoms with Gasteiger partial charge in [0.2, 0.25) is 0 Å². The van der Waals surface area contributed by atoms with Crippen molar-refractivity contribution in [1.82, 2.24) is 4.98 Å². The highest BCUT2D eigenvalue weighted by Gasteiger charge is 2.13. The molecule has 1 N–H and O–H groups in total. The molecule has 1 aromatic carbocycles. The molecule has 24 heavy (non-hydrogen) atoms. The summed E-state index contributed by atoms with van der Waals surface area (Å²) in [5.41, 5.74) is 2.86. The first-order valence-corrected chi connectivity index (χ1v) is 7.55. The second-order valence-electron chi connectivity index (χ2n) is 5.64. The quantitative estimate of drug-likeness (QED) is 0.853. The summed E-state index contributed by atoms with van der Waals surface area (Å²) in [6.45, 7) is 6.23. The molecule has 1 heterocycles. The van der Waals surface area contributed by atoms with E-state index in [1.54, 1.807) is 32.2 Å². The number of pyridine rings is 1. The minimum atomic E-state index is -0.393. The van der Waals surface area contributed by atoms with Gasteiger partial charge in [0.1, 0.15) is 18.2 Å². The summed E-state index contributed by atoms with van der Waals surface area (Å²) in [7, 11) is 1.56. The monoisotopic (exact) mass is 324 g/mol.